The van der Waals surface area contributed by atoms with Crippen molar-refractivity contribution < 1.29 is 19.0 Å². The average Bonchev–Trinajstić information content (AvgIpc) is 2.35. The predicted molar refractivity (Wildman–Crippen MR) is 66.9 cm³/mol. The summed E-state index contributed by atoms with van der Waals surface area (Å²) in [6.45, 7) is 9.89. The molecule has 0 heterocycles. The molecule has 2 atom stereocenters. The Bertz CT molecular complexity index is 194. The third-order valence-corrected chi connectivity index (χ3v) is 2.65. The zero-order valence-corrected chi connectivity index (χ0v) is 11.5. The molecule has 0 rings (SSSR count). The maximum Gasteiger partial charge on any atom is 0.308 e. The van der Waals surface area contributed by atoms with Crippen LogP contribution in [0.5, 0.6) is 0 Å². The number of carbonyl (C=O) groups is 1. The van der Waals surface area contributed by atoms with Crippen molar-refractivity contribution in [2.45, 2.75) is 46.6 Å². The summed E-state index contributed by atoms with van der Waals surface area (Å²) in [5.74, 6) is -0.172. The Balaban J connectivity index is 3.48. The molecule has 0 aromatic heterocycles. The lowest BCUT2D eigenvalue weighted by Crippen LogP contribution is -2.22. The van der Waals surface area contributed by atoms with Crippen LogP contribution in [0.2, 0.25) is 0 Å². The first-order chi connectivity index (χ1) is 8.15. The summed E-state index contributed by atoms with van der Waals surface area (Å²) in [6, 6.07) is 0. The van der Waals surface area contributed by atoms with Crippen LogP contribution in [-0.2, 0) is 19.0 Å². The van der Waals surface area contributed by atoms with Crippen LogP contribution in [0.1, 0.15) is 40.5 Å². The van der Waals surface area contributed by atoms with Gasteiger partial charge in [0.25, 0.3) is 0 Å². The van der Waals surface area contributed by atoms with Crippen LogP contribution in [0.25, 0.3) is 0 Å². The second-order valence-corrected chi connectivity index (χ2v) is 4.04. The van der Waals surface area contributed by atoms with Crippen LogP contribution in [0.15, 0.2) is 0 Å². The Kier molecular flexibility index (Phi) is 10.2. The van der Waals surface area contributed by atoms with Gasteiger partial charge in [0.1, 0.15) is 6.61 Å². The molecule has 0 amide bonds. The average molecular weight is 246 g/mol. The summed E-state index contributed by atoms with van der Waals surface area (Å²) in [7, 11) is 0. The molecular formula is C13H26O4. The van der Waals surface area contributed by atoms with Gasteiger partial charge in [-0.15, -0.1) is 0 Å². The van der Waals surface area contributed by atoms with E-state index < -0.39 is 0 Å². The van der Waals surface area contributed by atoms with Crippen molar-refractivity contribution in [1.29, 1.82) is 0 Å². The molecular weight excluding hydrogens is 220 g/mol. The first kappa shape index (κ1) is 16.4. The van der Waals surface area contributed by atoms with E-state index in [1.54, 1.807) is 0 Å². The highest BCUT2D eigenvalue weighted by molar-refractivity contribution is 5.71. The Hall–Kier alpha value is -0.610. The van der Waals surface area contributed by atoms with E-state index >= 15 is 0 Å². The SMILES string of the molecule is CCOC(CC)COCCOC(=O)C(C)CC. The van der Waals surface area contributed by atoms with Crippen LogP contribution in [0, 0.1) is 5.92 Å². The lowest BCUT2D eigenvalue weighted by atomic mass is 10.1. The molecule has 0 aliphatic carbocycles. The maximum absolute atomic E-state index is 11.3. The third-order valence-electron chi connectivity index (χ3n) is 2.65. The van der Waals surface area contributed by atoms with Crippen LogP contribution >= 0.6 is 0 Å². The monoisotopic (exact) mass is 246 g/mol. The highest BCUT2D eigenvalue weighted by atomic mass is 16.6. The fourth-order valence-electron chi connectivity index (χ4n) is 1.24. The molecule has 0 spiro atoms. The van der Waals surface area contributed by atoms with Crippen molar-refractivity contribution in [1.82, 2.24) is 0 Å². The number of esters is 1. The zero-order chi connectivity index (χ0) is 13.1. The first-order valence-electron chi connectivity index (χ1n) is 6.51. The van der Waals surface area contributed by atoms with Gasteiger partial charge in [-0.2, -0.15) is 0 Å². The van der Waals surface area contributed by atoms with E-state index in [4.69, 9.17) is 14.2 Å². The smallest absolute Gasteiger partial charge is 0.308 e. The number of hydrogen-bond acceptors (Lipinski definition) is 4. The first-order valence-corrected chi connectivity index (χ1v) is 6.51. The van der Waals surface area contributed by atoms with Crippen molar-refractivity contribution in [2.75, 3.05) is 26.4 Å². The minimum absolute atomic E-state index is 0.0261. The van der Waals surface area contributed by atoms with E-state index in [0.717, 1.165) is 12.8 Å². The lowest BCUT2D eigenvalue weighted by molar-refractivity contribution is -0.150. The second kappa shape index (κ2) is 10.5. The summed E-state index contributed by atoms with van der Waals surface area (Å²) in [5, 5.41) is 0. The van der Waals surface area contributed by atoms with Crippen molar-refractivity contribution in [2.24, 2.45) is 5.92 Å². The fraction of sp³-hybridized carbons (Fsp3) is 0.923. The molecule has 0 bridgehead atoms. The minimum atomic E-state index is -0.145. The highest BCUT2D eigenvalue weighted by Gasteiger charge is 2.11. The number of rotatable bonds is 10. The molecule has 4 nitrogen and oxygen atoms in total. The Labute approximate surface area is 105 Å². The second-order valence-electron chi connectivity index (χ2n) is 4.04. The molecule has 0 aromatic rings. The Morgan fingerprint density at radius 1 is 1.12 bits per heavy atom. The van der Waals surface area contributed by atoms with Crippen molar-refractivity contribution >= 4 is 5.97 Å². The molecule has 0 saturated carbocycles. The van der Waals surface area contributed by atoms with Gasteiger partial charge < -0.3 is 14.2 Å². The summed E-state index contributed by atoms with van der Waals surface area (Å²) >= 11 is 0. The molecule has 102 valence electrons. The molecule has 0 saturated heterocycles. The Morgan fingerprint density at radius 3 is 2.35 bits per heavy atom. The van der Waals surface area contributed by atoms with Gasteiger partial charge in [-0.25, -0.2) is 0 Å². The summed E-state index contributed by atoms with van der Waals surface area (Å²) < 4.78 is 15.9. The predicted octanol–water partition coefficient (Wildman–Crippen LogP) is 2.41. The van der Waals surface area contributed by atoms with E-state index in [-0.39, 0.29) is 18.0 Å². The molecule has 4 heteroatoms. The van der Waals surface area contributed by atoms with E-state index in [0.29, 0.717) is 26.4 Å². The lowest BCUT2D eigenvalue weighted by Gasteiger charge is -2.15. The van der Waals surface area contributed by atoms with E-state index in [2.05, 4.69) is 6.92 Å². The van der Waals surface area contributed by atoms with Crippen molar-refractivity contribution in [3.63, 3.8) is 0 Å². The van der Waals surface area contributed by atoms with Crippen LogP contribution in [0.3, 0.4) is 0 Å². The molecule has 0 aromatic carbocycles. The third kappa shape index (κ3) is 8.16. The van der Waals surface area contributed by atoms with E-state index in [9.17, 15) is 4.79 Å². The van der Waals surface area contributed by atoms with Gasteiger partial charge in [0, 0.05) is 6.61 Å². The molecule has 0 aliphatic rings. The van der Waals surface area contributed by atoms with E-state index in [1.165, 1.54) is 0 Å². The molecule has 0 radical (unpaired) electrons. The molecule has 0 N–H and O–H groups in total. The van der Waals surface area contributed by atoms with Crippen molar-refractivity contribution in [3.05, 3.63) is 0 Å². The standard InChI is InChI=1S/C13H26O4/c1-5-11(4)13(14)17-9-8-15-10-12(6-2)16-7-3/h11-12H,5-10H2,1-4H3. The van der Waals surface area contributed by atoms with Crippen LogP contribution < -0.4 is 0 Å². The molecule has 0 aliphatic heterocycles. The number of ether oxygens (including phenoxy) is 3. The van der Waals surface area contributed by atoms with Gasteiger partial charge in [0.2, 0.25) is 0 Å². The fourth-order valence-corrected chi connectivity index (χ4v) is 1.24. The summed E-state index contributed by atoms with van der Waals surface area (Å²) in [4.78, 5) is 11.3. The van der Waals surface area contributed by atoms with Gasteiger partial charge in [0.15, 0.2) is 0 Å². The van der Waals surface area contributed by atoms with Gasteiger partial charge >= 0.3 is 5.97 Å². The largest absolute Gasteiger partial charge is 0.463 e. The summed E-state index contributed by atoms with van der Waals surface area (Å²) in [6.07, 6.45) is 1.88. The Morgan fingerprint density at radius 2 is 1.82 bits per heavy atom. The van der Waals surface area contributed by atoms with Crippen LogP contribution in [0.4, 0.5) is 0 Å². The van der Waals surface area contributed by atoms with Gasteiger partial charge in [-0.05, 0) is 19.8 Å². The molecule has 17 heavy (non-hydrogen) atoms. The van der Waals surface area contributed by atoms with Gasteiger partial charge in [-0.1, -0.05) is 20.8 Å². The number of hydrogen-bond donors (Lipinski definition) is 0. The quantitative estimate of drug-likeness (QED) is 0.438. The maximum atomic E-state index is 11.3. The highest BCUT2D eigenvalue weighted by Crippen LogP contribution is 2.03. The molecule has 0 fully saturated rings. The van der Waals surface area contributed by atoms with Gasteiger partial charge in [0.05, 0.1) is 25.2 Å². The number of carbonyl (C=O) groups excluding carboxylic acids is 1. The minimum Gasteiger partial charge on any atom is -0.463 e. The van der Waals surface area contributed by atoms with Gasteiger partial charge in [-0.3, -0.25) is 4.79 Å². The topological polar surface area (TPSA) is 44.8 Å². The summed E-state index contributed by atoms with van der Waals surface area (Å²) in [5.41, 5.74) is 0. The molecule has 2 unspecified atom stereocenters. The van der Waals surface area contributed by atoms with Crippen LogP contribution in [-0.4, -0.2) is 38.5 Å². The zero-order valence-electron chi connectivity index (χ0n) is 11.5. The van der Waals surface area contributed by atoms with E-state index in [1.807, 2.05) is 20.8 Å². The normalized spacial score (nSPS) is 14.4. The van der Waals surface area contributed by atoms with Crippen molar-refractivity contribution in [3.8, 4) is 0 Å².